The van der Waals surface area contributed by atoms with Gasteiger partial charge >= 0.3 is 23.9 Å². The van der Waals surface area contributed by atoms with Crippen LogP contribution in [0.3, 0.4) is 0 Å². The highest BCUT2D eigenvalue weighted by atomic mass is 16.7. The van der Waals surface area contributed by atoms with E-state index in [1.54, 1.807) is 0 Å². The highest BCUT2D eigenvalue weighted by molar-refractivity contribution is 5.74. The van der Waals surface area contributed by atoms with Crippen LogP contribution in [0.25, 0.3) is 0 Å². The van der Waals surface area contributed by atoms with E-state index in [4.69, 9.17) is 23.7 Å². The number of rotatable bonds is 51. The lowest BCUT2D eigenvalue weighted by molar-refractivity contribution is -0.301. The lowest BCUT2D eigenvalue weighted by atomic mass is 9.98. The highest BCUT2D eigenvalue weighted by Crippen LogP contribution is 2.26. The molecule has 3 N–H and O–H groups in total. The Morgan fingerprint density at radius 1 is 0.438 bits per heavy atom. The van der Waals surface area contributed by atoms with Crippen LogP contribution in [0.15, 0.2) is 36.5 Å². The molecule has 0 bridgehead atoms. The maximum Gasteiger partial charge on any atom is 0.335 e. The smallest absolute Gasteiger partial charge is 0.335 e. The van der Waals surface area contributed by atoms with Crippen LogP contribution >= 0.6 is 0 Å². The van der Waals surface area contributed by atoms with Crippen molar-refractivity contribution in [1.82, 2.24) is 0 Å². The third-order valence-corrected chi connectivity index (χ3v) is 13.7. The van der Waals surface area contributed by atoms with Gasteiger partial charge in [-0.1, -0.05) is 205 Å². The van der Waals surface area contributed by atoms with Gasteiger partial charge in [0.25, 0.3) is 0 Å². The van der Waals surface area contributed by atoms with E-state index in [1.807, 2.05) is 0 Å². The summed E-state index contributed by atoms with van der Waals surface area (Å²) in [7, 11) is 0. The minimum atomic E-state index is -1.90. The summed E-state index contributed by atoms with van der Waals surface area (Å²) in [6.45, 7) is 5.93. The van der Waals surface area contributed by atoms with Gasteiger partial charge in [0.05, 0.1) is 6.61 Å². The van der Waals surface area contributed by atoms with E-state index in [9.17, 15) is 34.5 Å². The topological polar surface area (TPSA) is 175 Å². The second-order valence-electron chi connectivity index (χ2n) is 20.6. The molecule has 1 fully saturated rings. The van der Waals surface area contributed by atoms with Crippen molar-refractivity contribution >= 4 is 23.9 Å². The molecule has 1 aliphatic heterocycles. The fraction of sp³-hybridized carbons (Fsp3) is 0.836. The zero-order chi connectivity index (χ0) is 53.3. The molecule has 1 heterocycles. The number of carbonyl (C=O) groups is 4. The number of allylic oxidation sites excluding steroid dienone is 6. The summed E-state index contributed by atoms with van der Waals surface area (Å²) in [6, 6.07) is 0. The summed E-state index contributed by atoms with van der Waals surface area (Å²) in [4.78, 5) is 51.0. The molecule has 6 atom stereocenters. The van der Waals surface area contributed by atoms with E-state index in [-0.39, 0.29) is 25.9 Å². The lowest BCUT2D eigenvalue weighted by Crippen LogP contribution is -2.61. The van der Waals surface area contributed by atoms with Crippen LogP contribution in [-0.2, 0) is 42.9 Å². The van der Waals surface area contributed by atoms with Gasteiger partial charge in [-0.15, -0.1) is 0 Å². The minimum Gasteiger partial charge on any atom is -0.479 e. The molecule has 0 spiro atoms. The van der Waals surface area contributed by atoms with E-state index in [0.717, 1.165) is 109 Å². The van der Waals surface area contributed by atoms with E-state index in [0.29, 0.717) is 19.3 Å². The van der Waals surface area contributed by atoms with E-state index >= 15 is 0 Å². The average Bonchev–Trinajstić information content (AvgIpc) is 3.37. The largest absolute Gasteiger partial charge is 0.479 e. The molecule has 6 unspecified atom stereocenters. The number of aliphatic carboxylic acids is 1. The predicted molar refractivity (Wildman–Crippen MR) is 294 cm³/mol. The van der Waals surface area contributed by atoms with Gasteiger partial charge in [-0.05, 0) is 89.9 Å². The normalized spacial score (nSPS) is 18.5. The molecule has 0 radical (unpaired) electrons. The first kappa shape index (κ1) is 68.0. The Labute approximate surface area is 444 Å². The lowest BCUT2D eigenvalue weighted by Gasteiger charge is -2.40. The monoisotopic (exact) mass is 1030 g/mol. The number of unbranched alkanes of at least 4 members (excludes halogenated alkanes) is 31. The maximum absolute atomic E-state index is 13.1. The van der Waals surface area contributed by atoms with E-state index in [1.165, 1.54) is 109 Å². The van der Waals surface area contributed by atoms with Gasteiger partial charge in [0.1, 0.15) is 18.8 Å². The third-order valence-electron chi connectivity index (χ3n) is 13.7. The number of carboxylic acids is 1. The second-order valence-corrected chi connectivity index (χ2v) is 20.6. The van der Waals surface area contributed by atoms with Crippen LogP contribution in [-0.4, -0.2) is 89.2 Å². The molecule has 0 aromatic rings. The zero-order valence-corrected chi connectivity index (χ0v) is 46.6. The fourth-order valence-electron chi connectivity index (χ4n) is 8.99. The molecule has 0 aliphatic carbocycles. The Morgan fingerprint density at radius 2 is 0.795 bits per heavy atom. The molecule has 1 aliphatic rings. The Hall–Kier alpha value is -3.06. The van der Waals surface area contributed by atoms with E-state index < -0.39 is 67.3 Å². The Bertz CT molecular complexity index is 1410. The van der Waals surface area contributed by atoms with Gasteiger partial charge in [-0.25, -0.2) is 4.79 Å². The molecule has 0 saturated carbocycles. The molecule has 0 amide bonds. The number of aliphatic hydroxyl groups excluding tert-OH is 2. The maximum atomic E-state index is 13.1. The quantitative estimate of drug-likeness (QED) is 0.0228. The summed E-state index contributed by atoms with van der Waals surface area (Å²) in [5, 5.41) is 31.5. The van der Waals surface area contributed by atoms with Crippen molar-refractivity contribution in [2.75, 3.05) is 13.2 Å². The van der Waals surface area contributed by atoms with Crippen molar-refractivity contribution < 1.29 is 58.2 Å². The SMILES string of the molecule is CCCC/C=C\CCCCCCCC(=O)OC(COC(=O)CCCCCCC/C=C\CCCCCC)COC1OC(C(=O)O)C(O)C(O)C1OC(=O)CCCCCCCCCCC/C=C\CCCCCCCC. The summed E-state index contributed by atoms with van der Waals surface area (Å²) >= 11 is 0. The average molecular weight is 1030 g/mol. The number of ether oxygens (including phenoxy) is 5. The number of hydrogen-bond donors (Lipinski definition) is 3. The van der Waals surface area contributed by atoms with Crippen LogP contribution in [0.1, 0.15) is 278 Å². The second kappa shape index (κ2) is 49.8. The Morgan fingerprint density at radius 3 is 1.22 bits per heavy atom. The first-order valence-corrected chi connectivity index (χ1v) is 30.0. The molecular formula is C61H108O12. The number of carboxylic acid groups (broad SMARTS) is 1. The molecule has 12 heteroatoms. The summed E-state index contributed by atoms with van der Waals surface area (Å²) in [6.07, 6.45) is 45.5. The van der Waals surface area contributed by atoms with Crippen molar-refractivity contribution in [1.29, 1.82) is 0 Å². The molecular weight excluding hydrogens is 925 g/mol. The van der Waals surface area contributed by atoms with Gasteiger partial charge < -0.3 is 39.0 Å². The molecule has 0 aromatic heterocycles. The van der Waals surface area contributed by atoms with Gasteiger partial charge in [-0.2, -0.15) is 0 Å². The van der Waals surface area contributed by atoms with Crippen molar-refractivity contribution in [3.05, 3.63) is 36.5 Å². The van der Waals surface area contributed by atoms with Crippen molar-refractivity contribution in [3.63, 3.8) is 0 Å². The molecule has 424 valence electrons. The number of esters is 3. The molecule has 73 heavy (non-hydrogen) atoms. The van der Waals surface area contributed by atoms with Crippen LogP contribution in [0.2, 0.25) is 0 Å². The van der Waals surface area contributed by atoms with Crippen molar-refractivity contribution in [2.24, 2.45) is 0 Å². The molecule has 0 aromatic carbocycles. The zero-order valence-electron chi connectivity index (χ0n) is 46.6. The standard InChI is InChI=1S/C61H108O12/c1-4-7-10-13-16-19-22-24-25-26-27-28-29-31-34-37-40-43-46-49-55(64)72-59-57(66)56(65)58(60(67)68)73-61(59)70-51-52(71-54(63)48-45-42-39-36-32-21-18-15-12-9-6-3)50-69-53(62)47-44-41-38-35-33-30-23-20-17-14-11-8-5-2/h15,18,20,23-25,52,56-59,61,65-66H,4-14,16-17,19,21-22,26-51H2,1-3H3,(H,67,68)/b18-15-,23-20-,25-24-. The Balaban J connectivity index is 2.65. The van der Waals surface area contributed by atoms with Crippen LogP contribution in [0, 0.1) is 0 Å². The van der Waals surface area contributed by atoms with Gasteiger partial charge in [0.15, 0.2) is 24.6 Å². The number of hydrogen-bond acceptors (Lipinski definition) is 11. The summed E-state index contributed by atoms with van der Waals surface area (Å²) in [5.41, 5.74) is 0. The highest BCUT2D eigenvalue weighted by Gasteiger charge is 2.50. The molecule has 1 saturated heterocycles. The summed E-state index contributed by atoms with van der Waals surface area (Å²) < 4.78 is 28.4. The number of carbonyl (C=O) groups excluding carboxylic acids is 3. The van der Waals surface area contributed by atoms with Crippen molar-refractivity contribution in [2.45, 2.75) is 314 Å². The summed E-state index contributed by atoms with van der Waals surface area (Å²) in [5.74, 6) is -3.13. The van der Waals surface area contributed by atoms with Gasteiger partial charge in [0, 0.05) is 19.3 Å². The van der Waals surface area contributed by atoms with Crippen molar-refractivity contribution in [3.8, 4) is 0 Å². The third kappa shape index (κ3) is 39.9. The number of aliphatic hydroxyl groups is 2. The first-order valence-electron chi connectivity index (χ1n) is 30.0. The first-order chi connectivity index (χ1) is 35.6. The molecule has 12 nitrogen and oxygen atoms in total. The van der Waals surface area contributed by atoms with Gasteiger partial charge in [-0.3, -0.25) is 14.4 Å². The van der Waals surface area contributed by atoms with Gasteiger partial charge in [0.2, 0.25) is 0 Å². The molecule has 1 rings (SSSR count). The Kier molecular flexibility index (Phi) is 46.4. The predicted octanol–water partition coefficient (Wildman–Crippen LogP) is 15.2. The van der Waals surface area contributed by atoms with Crippen LogP contribution in [0.4, 0.5) is 0 Å². The fourth-order valence-corrected chi connectivity index (χ4v) is 8.99. The van der Waals surface area contributed by atoms with Crippen LogP contribution < -0.4 is 0 Å². The van der Waals surface area contributed by atoms with Crippen LogP contribution in [0.5, 0.6) is 0 Å². The minimum absolute atomic E-state index is 0.0592. The van der Waals surface area contributed by atoms with E-state index in [2.05, 4.69) is 57.2 Å².